The third kappa shape index (κ3) is 2.03. The highest BCUT2D eigenvalue weighted by Gasteiger charge is 2.41. The Hall–Kier alpha value is -1.36. The van der Waals surface area contributed by atoms with Crippen LogP contribution in [0.1, 0.15) is 48.4 Å². The fourth-order valence-electron chi connectivity index (χ4n) is 3.04. The van der Waals surface area contributed by atoms with Crippen LogP contribution in [0.25, 0.3) is 0 Å². The lowest BCUT2D eigenvalue weighted by molar-refractivity contribution is 0.0827. The zero-order valence-corrected chi connectivity index (χ0v) is 10.7. The van der Waals surface area contributed by atoms with Crippen LogP contribution in [0.2, 0.25) is 0 Å². The third-order valence-electron chi connectivity index (χ3n) is 4.23. The molecular formula is C13H19N3O2. The summed E-state index contributed by atoms with van der Waals surface area (Å²) in [6.45, 7) is 2.77. The van der Waals surface area contributed by atoms with E-state index in [9.17, 15) is 4.79 Å². The van der Waals surface area contributed by atoms with E-state index >= 15 is 0 Å². The molecule has 2 N–H and O–H groups in total. The predicted molar refractivity (Wildman–Crippen MR) is 66.3 cm³/mol. The van der Waals surface area contributed by atoms with Crippen molar-refractivity contribution in [2.45, 2.75) is 50.6 Å². The number of amides is 1. The monoisotopic (exact) mass is 249 g/mol. The van der Waals surface area contributed by atoms with Crippen molar-refractivity contribution in [1.29, 1.82) is 0 Å². The van der Waals surface area contributed by atoms with E-state index in [0.717, 1.165) is 19.4 Å². The van der Waals surface area contributed by atoms with Crippen molar-refractivity contribution in [2.24, 2.45) is 0 Å². The van der Waals surface area contributed by atoms with Gasteiger partial charge in [0.1, 0.15) is 0 Å². The topological polar surface area (TPSA) is 67.2 Å². The summed E-state index contributed by atoms with van der Waals surface area (Å²) in [7, 11) is 0. The summed E-state index contributed by atoms with van der Waals surface area (Å²) < 4.78 is 5.12. The first-order valence-corrected chi connectivity index (χ1v) is 6.65. The molecule has 1 unspecified atom stereocenters. The molecule has 1 spiro atoms. The Bertz CT molecular complexity index is 451. The molecule has 0 radical (unpaired) electrons. The molecule has 2 fully saturated rings. The van der Waals surface area contributed by atoms with E-state index in [1.165, 1.54) is 25.7 Å². The van der Waals surface area contributed by atoms with Gasteiger partial charge in [-0.3, -0.25) is 4.79 Å². The molecule has 1 aliphatic heterocycles. The zero-order valence-electron chi connectivity index (χ0n) is 10.7. The van der Waals surface area contributed by atoms with E-state index < -0.39 is 0 Å². The Labute approximate surface area is 106 Å². The number of piperidine rings is 1. The summed E-state index contributed by atoms with van der Waals surface area (Å²) in [5.41, 5.74) is 0.951. The molecule has 2 heterocycles. The normalized spacial score (nSPS) is 25.7. The Balaban J connectivity index is 1.62. The molecule has 2 aliphatic rings. The van der Waals surface area contributed by atoms with Crippen molar-refractivity contribution in [2.75, 3.05) is 6.54 Å². The van der Waals surface area contributed by atoms with E-state index in [2.05, 4.69) is 15.6 Å². The number of rotatable bonds is 2. The molecule has 0 bridgehead atoms. The Morgan fingerprint density at radius 1 is 1.61 bits per heavy atom. The minimum atomic E-state index is -0.133. The van der Waals surface area contributed by atoms with E-state index in [1.807, 2.05) is 0 Å². The first-order valence-electron chi connectivity index (χ1n) is 6.65. The molecule has 1 amide bonds. The standard InChI is InChI=1S/C13H19N3O2/c1-9-11(18-8-14-9)12(17)16-10-3-6-15-13(7-10)4-2-5-13/h8,10,15H,2-7H2,1H3,(H,16,17). The van der Waals surface area contributed by atoms with Crippen molar-refractivity contribution < 1.29 is 9.21 Å². The molecule has 0 aromatic carbocycles. The Morgan fingerprint density at radius 3 is 3.06 bits per heavy atom. The lowest BCUT2D eigenvalue weighted by Gasteiger charge is -2.48. The van der Waals surface area contributed by atoms with Gasteiger partial charge in [-0.25, -0.2) is 4.98 Å². The molecule has 1 atom stereocenters. The van der Waals surface area contributed by atoms with Gasteiger partial charge >= 0.3 is 0 Å². The van der Waals surface area contributed by atoms with Crippen molar-refractivity contribution >= 4 is 5.91 Å². The summed E-state index contributed by atoms with van der Waals surface area (Å²) in [6.07, 6.45) is 7.11. The second-order valence-corrected chi connectivity index (χ2v) is 5.49. The van der Waals surface area contributed by atoms with E-state index in [-0.39, 0.29) is 11.9 Å². The van der Waals surface area contributed by atoms with Gasteiger partial charge < -0.3 is 15.1 Å². The van der Waals surface area contributed by atoms with Crippen molar-refractivity contribution in [1.82, 2.24) is 15.6 Å². The number of hydrogen-bond donors (Lipinski definition) is 2. The molecule has 1 aromatic heterocycles. The van der Waals surface area contributed by atoms with Crippen LogP contribution in [0.5, 0.6) is 0 Å². The molecule has 1 saturated carbocycles. The summed E-state index contributed by atoms with van der Waals surface area (Å²) in [4.78, 5) is 16.0. The average Bonchev–Trinajstić information content (AvgIpc) is 2.74. The van der Waals surface area contributed by atoms with Crippen molar-refractivity contribution in [3.63, 3.8) is 0 Å². The van der Waals surface area contributed by atoms with Gasteiger partial charge in [-0.15, -0.1) is 0 Å². The second-order valence-electron chi connectivity index (χ2n) is 5.49. The number of carbonyl (C=O) groups excluding carboxylic acids is 1. The molecule has 5 heteroatoms. The minimum Gasteiger partial charge on any atom is -0.438 e. The lowest BCUT2D eigenvalue weighted by Crippen LogP contribution is -2.59. The van der Waals surface area contributed by atoms with Crippen LogP contribution in [0, 0.1) is 6.92 Å². The molecule has 1 aliphatic carbocycles. The highest BCUT2D eigenvalue weighted by atomic mass is 16.3. The number of hydrogen-bond acceptors (Lipinski definition) is 4. The first-order chi connectivity index (χ1) is 8.69. The van der Waals surface area contributed by atoms with Crippen LogP contribution in [-0.2, 0) is 0 Å². The first kappa shape index (κ1) is 11.7. The van der Waals surface area contributed by atoms with Crippen LogP contribution in [0.4, 0.5) is 0 Å². The van der Waals surface area contributed by atoms with Gasteiger partial charge in [0.2, 0.25) is 5.76 Å². The van der Waals surface area contributed by atoms with Crippen LogP contribution in [0.15, 0.2) is 10.8 Å². The molecule has 3 rings (SSSR count). The van der Waals surface area contributed by atoms with Gasteiger partial charge in [0.15, 0.2) is 6.39 Å². The fourth-order valence-corrected chi connectivity index (χ4v) is 3.04. The van der Waals surface area contributed by atoms with Crippen molar-refractivity contribution in [3.8, 4) is 0 Å². The highest BCUT2D eigenvalue weighted by molar-refractivity contribution is 5.92. The van der Waals surface area contributed by atoms with Gasteiger partial charge in [0.05, 0.1) is 5.69 Å². The van der Waals surface area contributed by atoms with Gasteiger partial charge in [-0.1, -0.05) is 0 Å². The maximum atomic E-state index is 12.0. The number of aromatic nitrogens is 1. The maximum absolute atomic E-state index is 12.0. The van der Waals surface area contributed by atoms with E-state index in [4.69, 9.17) is 4.42 Å². The molecule has 98 valence electrons. The SMILES string of the molecule is Cc1ncoc1C(=O)NC1CCNC2(CCC2)C1. The highest BCUT2D eigenvalue weighted by Crippen LogP contribution is 2.38. The predicted octanol–water partition coefficient (Wildman–Crippen LogP) is 1.39. The summed E-state index contributed by atoms with van der Waals surface area (Å²) >= 11 is 0. The third-order valence-corrected chi connectivity index (χ3v) is 4.23. The number of nitrogens with zero attached hydrogens (tertiary/aromatic N) is 1. The number of aryl methyl sites for hydroxylation is 1. The Morgan fingerprint density at radius 2 is 2.44 bits per heavy atom. The average molecular weight is 249 g/mol. The Kier molecular flexibility index (Phi) is 2.86. The molecule has 18 heavy (non-hydrogen) atoms. The second kappa shape index (κ2) is 4.39. The fraction of sp³-hybridized carbons (Fsp3) is 0.692. The summed E-state index contributed by atoms with van der Waals surface area (Å²) in [5.74, 6) is 0.211. The zero-order chi connectivity index (χ0) is 12.6. The molecular weight excluding hydrogens is 230 g/mol. The van der Waals surface area contributed by atoms with Crippen molar-refractivity contribution in [3.05, 3.63) is 17.8 Å². The van der Waals surface area contributed by atoms with Crippen LogP contribution in [0.3, 0.4) is 0 Å². The molecule has 5 nitrogen and oxygen atoms in total. The van der Waals surface area contributed by atoms with Crippen LogP contribution in [-0.4, -0.2) is 29.0 Å². The van der Waals surface area contributed by atoms with Crippen LogP contribution >= 0.6 is 0 Å². The van der Waals surface area contributed by atoms with Gasteiger partial charge in [0, 0.05) is 11.6 Å². The van der Waals surface area contributed by atoms with Gasteiger partial charge in [-0.05, 0) is 45.6 Å². The molecule has 1 aromatic rings. The number of oxazole rings is 1. The smallest absolute Gasteiger partial charge is 0.289 e. The van der Waals surface area contributed by atoms with Gasteiger partial charge in [0.25, 0.3) is 5.91 Å². The van der Waals surface area contributed by atoms with Crippen LogP contribution < -0.4 is 10.6 Å². The minimum absolute atomic E-state index is 0.133. The quantitative estimate of drug-likeness (QED) is 0.831. The molecule has 1 saturated heterocycles. The largest absolute Gasteiger partial charge is 0.438 e. The summed E-state index contributed by atoms with van der Waals surface area (Å²) in [5, 5.41) is 6.67. The summed E-state index contributed by atoms with van der Waals surface area (Å²) in [6, 6.07) is 0.253. The maximum Gasteiger partial charge on any atom is 0.289 e. The van der Waals surface area contributed by atoms with E-state index in [1.54, 1.807) is 6.92 Å². The number of carbonyl (C=O) groups is 1. The number of nitrogens with one attached hydrogen (secondary N) is 2. The van der Waals surface area contributed by atoms with E-state index in [0.29, 0.717) is 17.0 Å². The van der Waals surface area contributed by atoms with Gasteiger partial charge in [-0.2, -0.15) is 0 Å². The lowest BCUT2D eigenvalue weighted by atomic mass is 9.70.